The van der Waals surface area contributed by atoms with Gasteiger partial charge in [-0.3, -0.25) is 10.5 Å². The van der Waals surface area contributed by atoms with Gasteiger partial charge in [-0.15, -0.1) is 0 Å². The third kappa shape index (κ3) is 3.46. The SMILES string of the molecule is N#CC(N)(O)C(N)=O.[NaH]. The molecule has 0 aliphatic rings. The van der Waals surface area contributed by atoms with Crippen molar-refractivity contribution < 1.29 is 9.90 Å². The van der Waals surface area contributed by atoms with Crippen LogP contribution in [0, 0.1) is 11.3 Å². The van der Waals surface area contributed by atoms with Gasteiger partial charge < -0.3 is 10.8 Å². The fraction of sp³-hybridized carbons (Fsp3) is 0.333. The Morgan fingerprint density at radius 1 is 1.78 bits per heavy atom. The number of hydrogen-bond acceptors (Lipinski definition) is 4. The molecule has 0 fully saturated rings. The number of aliphatic hydroxyl groups is 1. The Bertz CT molecular complexity index is 150. The third-order valence-corrected chi connectivity index (χ3v) is 0.546. The van der Waals surface area contributed by atoms with E-state index in [0.717, 1.165) is 6.07 Å². The van der Waals surface area contributed by atoms with Crippen molar-refractivity contribution in [2.24, 2.45) is 11.5 Å². The quantitative estimate of drug-likeness (QED) is 0.204. The van der Waals surface area contributed by atoms with Gasteiger partial charge in [0.1, 0.15) is 6.07 Å². The first-order valence-corrected chi connectivity index (χ1v) is 1.73. The second-order valence-electron chi connectivity index (χ2n) is 1.24. The van der Waals surface area contributed by atoms with Crippen LogP contribution in [0.5, 0.6) is 0 Å². The molecule has 0 bridgehead atoms. The summed E-state index contributed by atoms with van der Waals surface area (Å²) in [7, 11) is 0. The zero-order valence-electron chi connectivity index (χ0n) is 3.96. The van der Waals surface area contributed by atoms with Crippen LogP contribution in [-0.2, 0) is 4.79 Å². The second-order valence-corrected chi connectivity index (χ2v) is 1.24. The molecule has 46 valence electrons. The number of nitrogens with two attached hydrogens (primary N) is 2. The Hall–Kier alpha value is -0.120. The number of nitriles is 1. The van der Waals surface area contributed by atoms with Crippen LogP contribution in [0.1, 0.15) is 0 Å². The van der Waals surface area contributed by atoms with E-state index in [9.17, 15) is 4.79 Å². The summed E-state index contributed by atoms with van der Waals surface area (Å²) < 4.78 is 0. The Balaban J connectivity index is 0. The van der Waals surface area contributed by atoms with E-state index in [1.807, 2.05) is 0 Å². The summed E-state index contributed by atoms with van der Waals surface area (Å²) in [5.74, 6) is -1.25. The predicted octanol–water partition coefficient (Wildman–Crippen LogP) is -3.01. The van der Waals surface area contributed by atoms with Gasteiger partial charge in [0.25, 0.3) is 11.6 Å². The van der Waals surface area contributed by atoms with Crippen molar-refractivity contribution in [3.8, 4) is 6.07 Å². The van der Waals surface area contributed by atoms with Crippen LogP contribution in [0.25, 0.3) is 0 Å². The van der Waals surface area contributed by atoms with Crippen molar-refractivity contribution in [2.45, 2.75) is 5.72 Å². The van der Waals surface area contributed by atoms with Gasteiger partial charge in [0.2, 0.25) is 0 Å². The van der Waals surface area contributed by atoms with Crippen LogP contribution in [0.15, 0.2) is 0 Å². The van der Waals surface area contributed by atoms with Gasteiger partial charge in [-0.1, -0.05) is 0 Å². The molecule has 5 nitrogen and oxygen atoms in total. The van der Waals surface area contributed by atoms with Crippen LogP contribution in [0.4, 0.5) is 0 Å². The molecule has 0 aromatic carbocycles. The summed E-state index contributed by atoms with van der Waals surface area (Å²) in [6.07, 6.45) is 0. The van der Waals surface area contributed by atoms with Crippen molar-refractivity contribution in [2.75, 3.05) is 0 Å². The molecule has 0 radical (unpaired) electrons. The van der Waals surface area contributed by atoms with Gasteiger partial charge in [-0.05, 0) is 0 Å². The first-order valence-electron chi connectivity index (χ1n) is 1.73. The van der Waals surface area contributed by atoms with Crippen molar-refractivity contribution >= 4 is 35.5 Å². The number of carbonyl (C=O) groups excluding carboxylic acids is 1. The van der Waals surface area contributed by atoms with Crippen LogP contribution in [0.3, 0.4) is 0 Å². The van der Waals surface area contributed by atoms with Crippen molar-refractivity contribution in [3.63, 3.8) is 0 Å². The number of carbonyl (C=O) groups is 1. The summed E-state index contributed by atoms with van der Waals surface area (Å²) in [4.78, 5) is 9.88. The van der Waals surface area contributed by atoms with E-state index in [0.29, 0.717) is 0 Å². The molecule has 9 heavy (non-hydrogen) atoms. The Morgan fingerprint density at radius 3 is 2.11 bits per heavy atom. The predicted molar refractivity (Wildman–Crippen MR) is 31.1 cm³/mol. The summed E-state index contributed by atoms with van der Waals surface area (Å²) in [6, 6.07) is 1.10. The van der Waals surface area contributed by atoms with E-state index in [1.165, 1.54) is 0 Å². The summed E-state index contributed by atoms with van der Waals surface area (Å²) in [6.45, 7) is 0. The zero-order valence-corrected chi connectivity index (χ0v) is 3.96. The molecular formula is C3H6N3NaO2. The fourth-order valence-corrected chi connectivity index (χ4v) is 0.0551. The van der Waals surface area contributed by atoms with E-state index in [4.69, 9.17) is 10.4 Å². The molecule has 6 heteroatoms. The van der Waals surface area contributed by atoms with E-state index in [1.54, 1.807) is 0 Å². The van der Waals surface area contributed by atoms with Gasteiger partial charge in [0, 0.05) is 0 Å². The molecule has 1 amide bonds. The molecule has 0 saturated carbocycles. The molecule has 0 rings (SSSR count). The molecule has 0 aromatic heterocycles. The van der Waals surface area contributed by atoms with Gasteiger partial charge in [0.15, 0.2) is 0 Å². The summed E-state index contributed by atoms with van der Waals surface area (Å²) in [5.41, 5.74) is 6.51. The van der Waals surface area contributed by atoms with Crippen LogP contribution in [0.2, 0.25) is 0 Å². The minimum atomic E-state index is -2.51. The Labute approximate surface area is 73.9 Å². The normalized spacial score (nSPS) is 14.3. The topological polar surface area (TPSA) is 113 Å². The molecule has 1 atom stereocenters. The minimum absolute atomic E-state index is 0. The number of rotatable bonds is 1. The molecule has 0 aliphatic carbocycles. The fourth-order valence-electron chi connectivity index (χ4n) is 0.0551. The maximum absolute atomic E-state index is 9.88. The van der Waals surface area contributed by atoms with E-state index in [-0.39, 0.29) is 29.6 Å². The van der Waals surface area contributed by atoms with Crippen molar-refractivity contribution in [3.05, 3.63) is 0 Å². The van der Waals surface area contributed by atoms with Gasteiger partial charge >= 0.3 is 29.6 Å². The average Bonchev–Trinajstić information content (AvgIpc) is 1.67. The molecule has 0 aromatic rings. The molecule has 0 spiro atoms. The average molecular weight is 139 g/mol. The molecule has 1 unspecified atom stereocenters. The number of hydrogen-bond donors (Lipinski definition) is 3. The van der Waals surface area contributed by atoms with E-state index >= 15 is 0 Å². The van der Waals surface area contributed by atoms with Crippen molar-refractivity contribution in [1.29, 1.82) is 5.26 Å². The number of primary amides is 1. The van der Waals surface area contributed by atoms with Gasteiger partial charge in [0.05, 0.1) is 0 Å². The monoisotopic (exact) mass is 139 g/mol. The second kappa shape index (κ2) is 3.82. The number of nitrogens with zero attached hydrogens (tertiary/aromatic N) is 1. The van der Waals surface area contributed by atoms with E-state index in [2.05, 4.69) is 11.5 Å². The van der Waals surface area contributed by atoms with Gasteiger partial charge in [-0.25, -0.2) is 0 Å². The standard InChI is InChI=1S/C3H5N3O2.Na.H/c4-1-3(6,8)2(5)7;;/h8H,6H2,(H2,5,7);;. The van der Waals surface area contributed by atoms with Crippen LogP contribution >= 0.6 is 0 Å². The maximum atomic E-state index is 9.88. The van der Waals surface area contributed by atoms with Crippen LogP contribution < -0.4 is 11.5 Å². The Morgan fingerprint density at radius 2 is 2.11 bits per heavy atom. The summed E-state index contributed by atoms with van der Waals surface area (Å²) in [5, 5.41) is 16.2. The van der Waals surface area contributed by atoms with Crippen LogP contribution in [-0.4, -0.2) is 46.3 Å². The summed E-state index contributed by atoms with van der Waals surface area (Å²) >= 11 is 0. The molecular weight excluding hydrogens is 133 g/mol. The molecule has 0 aliphatic heterocycles. The molecule has 5 N–H and O–H groups in total. The zero-order chi connectivity index (χ0) is 6.78. The van der Waals surface area contributed by atoms with E-state index < -0.39 is 11.6 Å². The van der Waals surface area contributed by atoms with Crippen molar-refractivity contribution in [1.82, 2.24) is 0 Å². The number of amides is 1. The molecule has 0 saturated heterocycles. The first-order chi connectivity index (χ1) is 3.50. The Kier molecular flexibility index (Phi) is 4.95. The third-order valence-electron chi connectivity index (χ3n) is 0.546. The molecule has 0 heterocycles. The van der Waals surface area contributed by atoms with Gasteiger partial charge in [-0.2, -0.15) is 5.26 Å². The first kappa shape index (κ1) is 11.6.